The van der Waals surface area contributed by atoms with Crippen LogP contribution >= 0.6 is 0 Å². The van der Waals surface area contributed by atoms with Gasteiger partial charge >= 0.3 is 0 Å². The number of rotatable bonds is 5. The Labute approximate surface area is 198 Å². The Kier molecular flexibility index (Phi) is 4.68. The molecule has 3 aliphatic rings. The zero-order chi connectivity index (χ0) is 23.6. The standard InChI is InChI=1S/C27H28N4O3/c1-4-6-7-11-30-15-28-20-9-8-10-21-23(20)25(30)17-13-31-22(24(17)29-21)12-19-18(26(31)32)14-34-16(3)27(19,33)5-2/h8-10,12,15,33H,3-7,11,13-14H2,1-2H3/t27-/m0/s1. The molecular weight excluding hydrogens is 428 g/mol. The molecule has 1 aromatic carbocycles. The Hall–Kier alpha value is -3.45. The SMILES string of the molecule is C=C1OCc2c(cc3n(c2=O)Cc2c-3nc3cccc4c3c2N(CCCCC)C=N4)[C@]1(O)CC. The van der Waals surface area contributed by atoms with Gasteiger partial charge in [-0.3, -0.25) is 4.79 Å². The zero-order valence-electron chi connectivity index (χ0n) is 19.6. The first-order valence-corrected chi connectivity index (χ1v) is 12.1. The van der Waals surface area contributed by atoms with Crippen molar-refractivity contribution in [1.29, 1.82) is 0 Å². The summed E-state index contributed by atoms with van der Waals surface area (Å²) in [5.74, 6) is 0.287. The maximum atomic E-state index is 13.6. The van der Waals surface area contributed by atoms with E-state index in [9.17, 15) is 9.90 Å². The van der Waals surface area contributed by atoms with Gasteiger partial charge in [0.25, 0.3) is 5.56 Å². The van der Waals surface area contributed by atoms with E-state index in [2.05, 4.69) is 18.4 Å². The van der Waals surface area contributed by atoms with E-state index in [1.165, 1.54) is 0 Å². The van der Waals surface area contributed by atoms with Gasteiger partial charge in [-0.05, 0) is 31.0 Å². The molecule has 0 bridgehead atoms. The van der Waals surface area contributed by atoms with Gasteiger partial charge in [-0.25, -0.2) is 9.98 Å². The van der Waals surface area contributed by atoms with Gasteiger partial charge in [0.15, 0.2) is 0 Å². The summed E-state index contributed by atoms with van der Waals surface area (Å²) in [4.78, 5) is 25.6. The normalized spacial score (nSPS) is 19.7. The number of pyridine rings is 2. The van der Waals surface area contributed by atoms with E-state index in [1.807, 2.05) is 37.5 Å². The van der Waals surface area contributed by atoms with E-state index >= 15 is 0 Å². The highest BCUT2D eigenvalue weighted by molar-refractivity contribution is 6.10. The third-order valence-corrected chi connectivity index (χ3v) is 7.46. The number of benzene rings is 1. The van der Waals surface area contributed by atoms with Crippen LogP contribution in [0.5, 0.6) is 0 Å². The predicted octanol–water partition coefficient (Wildman–Crippen LogP) is 4.74. The third kappa shape index (κ3) is 2.76. The summed E-state index contributed by atoms with van der Waals surface area (Å²) in [6, 6.07) is 7.91. The van der Waals surface area contributed by atoms with Crippen LogP contribution in [-0.2, 0) is 23.5 Å². The first kappa shape index (κ1) is 21.1. The Bertz CT molecular complexity index is 1450. The molecule has 0 spiro atoms. The van der Waals surface area contributed by atoms with E-state index in [-0.39, 0.29) is 17.9 Å². The number of ether oxygens (including phenoxy) is 1. The van der Waals surface area contributed by atoms with Crippen molar-refractivity contribution in [2.24, 2.45) is 4.99 Å². The number of hydrogen-bond acceptors (Lipinski definition) is 6. The largest absolute Gasteiger partial charge is 0.490 e. The van der Waals surface area contributed by atoms with E-state index in [4.69, 9.17) is 14.7 Å². The van der Waals surface area contributed by atoms with Crippen molar-refractivity contribution in [1.82, 2.24) is 9.55 Å². The minimum absolute atomic E-state index is 0.119. The summed E-state index contributed by atoms with van der Waals surface area (Å²) in [6.07, 6.45) is 5.64. The zero-order valence-corrected chi connectivity index (χ0v) is 19.6. The number of anilines is 1. The van der Waals surface area contributed by atoms with Crippen LogP contribution in [0.4, 0.5) is 11.4 Å². The lowest BCUT2D eigenvalue weighted by Gasteiger charge is -2.35. The first-order chi connectivity index (χ1) is 16.5. The number of aliphatic imine (C=N–C) groups is 1. The summed E-state index contributed by atoms with van der Waals surface area (Å²) in [5.41, 5.74) is 4.98. The molecule has 1 N–H and O–H groups in total. The molecule has 0 radical (unpaired) electrons. The number of aliphatic hydroxyl groups is 1. The molecule has 174 valence electrons. The molecule has 3 aliphatic heterocycles. The predicted molar refractivity (Wildman–Crippen MR) is 134 cm³/mol. The maximum Gasteiger partial charge on any atom is 0.258 e. The minimum atomic E-state index is -1.39. The van der Waals surface area contributed by atoms with E-state index in [0.29, 0.717) is 24.1 Å². The molecule has 0 fully saturated rings. The topological polar surface area (TPSA) is 80.0 Å². The molecule has 0 saturated heterocycles. The fourth-order valence-electron chi connectivity index (χ4n) is 5.52. The second-order valence-electron chi connectivity index (χ2n) is 9.34. The molecule has 1 atom stereocenters. The number of unbranched alkanes of at least 4 members (excludes halogenated alkanes) is 2. The van der Waals surface area contributed by atoms with Crippen molar-refractivity contribution in [3.05, 3.63) is 63.6 Å². The first-order valence-electron chi connectivity index (χ1n) is 12.1. The Balaban J connectivity index is 1.60. The van der Waals surface area contributed by atoms with Crippen LogP contribution in [0, 0.1) is 0 Å². The molecule has 0 saturated carbocycles. The van der Waals surface area contributed by atoms with E-state index < -0.39 is 5.60 Å². The molecule has 2 aromatic heterocycles. The van der Waals surface area contributed by atoms with Gasteiger partial charge in [-0.1, -0.05) is 39.3 Å². The number of hydrogen-bond donors (Lipinski definition) is 1. The molecule has 7 nitrogen and oxygen atoms in total. The average Bonchev–Trinajstić information content (AvgIpc) is 3.22. The molecule has 0 unspecified atom stereocenters. The molecule has 0 amide bonds. The quantitative estimate of drug-likeness (QED) is 0.439. The lowest BCUT2D eigenvalue weighted by Crippen LogP contribution is -2.38. The fourth-order valence-corrected chi connectivity index (χ4v) is 5.52. The Morgan fingerprint density at radius 2 is 2.09 bits per heavy atom. The van der Waals surface area contributed by atoms with Crippen LogP contribution < -0.4 is 10.5 Å². The maximum absolute atomic E-state index is 13.6. The second kappa shape index (κ2) is 7.53. The smallest absolute Gasteiger partial charge is 0.258 e. The van der Waals surface area contributed by atoms with Crippen LogP contribution in [0.1, 0.15) is 56.2 Å². The van der Waals surface area contributed by atoms with Gasteiger partial charge in [0, 0.05) is 17.7 Å². The third-order valence-electron chi connectivity index (χ3n) is 7.46. The Morgan fingerprint density at radius 1 is 1.24 bits per heavy atom. The van der Waals surface area contributed by atoms with Crippen molar-refractivity contribution in [3.8, 4) is 11.4 Å². The van der Waals surface area contributed by atoms with Gasteiger partial charge in [0.05, 0.1) is 52.1 Å². The van der Waals surface area contributed by atoms with Gasteiger partial charge in [0.2, 0.25) is 0 Å². The summed E-state index contributed by atoms with van der Waals surface area (Å²) in [7, 11) is 0. The van der Waals surface area contributed by atoms with Crippen LogP contribution in [0.15, 0.2) is 46.4 Å². The summed E-state index contributed by atoms with van der Waals surface area (Å²) in [5, 5.41) is 12.4. The van der Waals surface area contributed by atoms with Crippen LogP contribution in [-0.4, -0.2) is 27.5 Å². The van der Waals surface area contributed by atoms with Crippen LogP contribution in [0.3, 0.4) is 0 Å². The molecule has 5 heterocycles. The monoisotopic (exact) mass is 456 g/mol. The molecule has 0 aliphatic carbocycles. The highest BCUT2D eigenvalue weighted by Crippen LogP contribution is 2.47. The van der Waals surface area contributed by atoms with Gasteiger partial charge in [-0.2, -0.15) is 0 Å². The molecule has 34 heavy (non-hydrogen) atoms. The van der Waals surface area contributed by atoms with Crippen LogP contribution in [0.2, 0.25) is 0 Å². The van der Waals surface area contributed by atoms with Gasteiger partial charge < -0.3 is 19.3 Å². The molecular formula is C27H28N4O3. The van der Waals surface area contributed by atoms with Crippen molar-refractivity contribution in [2.75, 3.05) is 11.4 Å². The molecule has 7 heteroatoms. The van der Waals surface area contributed by atoms with Crippen molar-refractivity contribution < 1.29 is 9.84 Å². The minimum Gasteiger partial charge on any atom is -0.490 e. The van der Waals surface area contributed by atoms with E-state index in [1.54, 1.807) is 4.57 Å². The van der Waals surface area contributed by atoms with Gasteiger partial charge in [0.1, 0.15) is 18.0 Å². The molecule has 3 aromatic rings. The fraction of sp³-hybridized carbons (Fsp3) is 0.370. The van der Waals surface area contributed by atoms with Gasteiger partial charge in [-0.15, -0.1) is 0 Å². The van der Waals surface area contributed by atoms with E-state index in [0.717, 1.165) is 65.0 Å². The Morgan fingerprint density at radius 3 is 2.88 bits per heavy atom. The van der Waals surface area contributed by atoms with Crippen molar-refractivity contribution in [2.45, 2.75) is 58.3 Å². The average molecular weight is 457 g/mol. The lowest BCUT2D eigenvalue weighted by atomic mass is 9.84. The summed E-state index contributed by atoms with van der Waals surface area (Å²) >= 11 is 0. The summed E-state index contributed by atoms with van der Waals surface area (Å²) < 4.78 is 7.41. The van der Waals surface area contributed by atoms with Crippen LogP contribution in [0.25, 0.3) is 22.3 Å². The number of aromatic nitrogens is 2. The highest BCUT2D eigenvalue weighted by atomic mass is 16.5. The van der Waals surface area contributed by atoms with Crippen molar-refractivity contribution in [3.63, 3.8) is 0 Å². The van der Waals surface area contributed by atoms with Crippen molar-refractivity contribution >= 4 is 28.6 Å². The molecule has 6 rings (SSSR count). The summed E-state index contributed by atoms with van der Waals surface area (Å²) in [6.45, 7) is 9.40. The lowest BCUT2D eigenvalue weighted by molar-refractivity contribution is -0.0172. The number of nitrogens with zero attached hydrogens (tertiary/aromatic N) is 4. The number of fused-ring (bicyclic) bond motifs is 5. The highest BCUT2D eigenvalue weighted by Gasteiger charge is 2.42. The second-order valence-corrected chi connectivity index (χ2v) is 9.34.